The molecule has 7 nitrogen and oxygen atoms in total. The molecule has 1 aliphatic rings. The highest BCUT2D eigenvalue weighted by Crippen LogP contribution is 2.15. The topological polar surface area (TPSA) is 63.5 Å². The van der Waals surface area contributed by atoms with E-state index in [0.29, 0.717) is 5.56 Å². The molecule has 162 valence electrons. The van der Waals surface area contributed by atoms with Gasteiger partial charge in [-0.15, -0.1) is 0 Å². The Kier molecular flexibility index (Phi) is 6.32. The van der Waals surface area contributed by atoms with Crippen molar-refractivity contribution < 1.29 is 9.53 Å². The Morgan fingerprint density at radius 3 is 2.35 bits per heavy atom. The zero-order valence-electron chi connectivity index (χ0n) is 18.4. The highest BCUT2D eigenvalue weighted by Gasteiger charge is 2.22. The maximum absolute atomic E-state index is 12.9. The van der Waals surface area contributed by atoms with Gasteiger partial charge >= 0.3 is 0 Å². The lowest BCUT2D eigenvalue weighted by molar-refractivity contribution is 0.0638. The Labute approximate surface area is 183 Å². The van der Waals surface area contributed by atoms with Gasteiger partial charge in [-0.05, 0) is 56.2 Å². The lowest BCUT2D eigenvalue weighted by Crippen LogP contribution is -2.49. The smallest absolute Gasteiger partial charge is 0.255 e. The number of methoxy groups -OCH3 is 1. The van der Waals surface area contributed by atoms with Crippen molar-refractivity contribution in [1.29, 1.82) is 0 Å². The number of carbonyl (C=O) groups is 1. The number of hydrogen-bond acceptors (Lipinski definition) is 5. The van der Waals surface area contributed by atoms with Crippen LogP contribution in [0.25, 0.3) is 5.82 Å². The fourth-order valence-electron chi connectivity index (χ4n) is 3.94. The van der Waals surface area contributed by atoms with Crippen LogP contribution in [-0.2, 0) is 6.42 Å². The van der Waals surface area contributed by atoms with Gasteiger partial charge in [-0.3, -0.25) is 9.69 Å². The van der Waals surface area contributed by atoms with E-state index in [0.717, 1.165) is 62.1 Å². The van der Waals surface area contributed by atoms with Crippen LogP contribution < -0.4 is 4.74 Å². The molecule has 0 bridgehead atoms. The minimum Gasteiger partial charge on any atom is -0.497 e. The van der Waals surface area contributed by atoms with Crippen molar-refractivity contribution in [2.24, 2.45) is 0 Å². The third kappa shape index (κ3) is 4.94. The summed E-state index contributed by atoms with van der Waals surface area (Å²) in [5, 5.41) is 4.45. The molecule has 1 amide bonds. The molecule has 1 fully saturated rings. The number of carbonyl (C=O) groups excluding carboxylic acids is 1. The molecule has 3 heterocycles. The summed E-state index contributed by atoms with van der Waals surface area (Å²) in [5.74, 6) is 1.65. The molecular weight excluding hydrogens is 390 g/mol. The predicted octanol–water partition coefficient (Wildman–Crippen LogP) is 2.89. The van der Waals surface area contributed by atoms with Gasteiger partial charge in [0, 0.05) is 44.6 Å². The third-order valence-electron chi connectivity index (χ3n) is 5.76. The van der Waals surface area contributed by atoms with E-state index in [1.807, 2.05) is 49.1 Å². The summed E-state index contributed by atoms with van der Waals surface area (Å²) in [6.45, 7) is 8.19. The van der Waals surface area contributed by atoms with Crippen LogP contribution in [0.3, 0.4) is 0 Å². The molecule has 0 N–H and O–H groups in total. The first-order valence-corrected chi connectivity index (χ1v) is 10.7. The summed E-state index contributed by atoms with van der Waals surface area (Å²) >= 11 is 0. The first kappa shape index (κ1) is 21.1. The van der Waals surface area contributed by atoms with Crippen molar-refractivity contribution in [1.82, 2.24) is 24.6 Å². The molecule has 0 aliphatic carbocycles. The van der Waals surface area contributed by atoms with Crippen LogP contribution in [0.5, 0.6) is 5.75 Å². The number of aryl methyl sites for hydroxylation is 2. The zero-order chi connectivity index (χ0) is 21.8. The lowest BCUT2D eigenvalue weighted by atomic mass is 10.1. The predicted molar refractivity (Wildman–Crippen MR) is 120 cm³/mol. The third-order valence-corrected chi connectivity index (χ3v) is 5.76. The van der Waals surface area contributed by atoms with E-state index in [2.05, 4.69) is 27.1 Å². The SMILES string of the molecule is COc1ccc(CCN2CCN(C(=O)c3ccc(-n4nc(C)cc4C)nc3)CC2)cc1. The molecular formula is C24H29N5O2. The second kappa shape index (κ2) is 9.31. The van der Waals surface area contributed by atoms with Crippen molar-refractivity contribution in [3.8, 4) is 11.6 Å². The van der Waals surface area contributed by atoms with Crippen molar-refractivity contribution in [3.63, 3.8) is 0 Å². The maximum atomic E-state index is 12.9. The van der Waals surface area contributed by atoms with Gasteiger partial charge in [-0.1, -0.05) is 12.1 Å². The number of pyridine rings is 1. The van der Waals surface area contributed by atoms with E-state index in [-0.39, 0.29) is 5.91 Å². The number of rotatable bonds is 6. The quantitative estimate of drug-likeness (QED) is 0.615. The Hall–Kier alpha value is -3.19. The van der Waals surface area contributed by atoms with Crippen LogP contribution in [-0.4, -0.2) is 70.3 Å². The van der Waals surface area contributed by atoms with Crippen LogP contribution in [0.1, 0.15) is 27.3 Å². The summed E-state index contributed by atoms with van der Waals surface area (Å²) in [6, 6.07) is 13.9. The molecule has 0 unspecified atom stereocenters. The fraction of sp³-hybridized carbons (Fsp3) is 0.375. The average Bonchev–Trinajstić information content (AvgIpc) is 3.15. The van der Waals surface area contributed by atoms with Gasteiger partial charge < -0.3 is 9.64 Å². The zero-order valence-corrected chi connectivity index (χ0v) is 18.4. The number of benzene rings is 1. The van der Waals surface area contributed by atoms with E-state index < -0.39 is 0 Å². The minimum absolute atomic E-state index is 0.0437. The van der Waals surface area contributed by atoms with Crippen LogP contribution in [0, 0.1) is 13.8 Å². The number of ether oxygens (including phenoxy) is 1. The van der Waals surface area contributed by atoms with Crippen LogP contribution in [0.4, 0.5) is 0 Å². The molecule has 1 aromatic carbocycles. The van der Waals surface area contributed by atoms with Gasteiger partial charge in [0.25, 0.3) is 5.91 Å². The van der Waals surface area contributed by atoms with Gasteiger partial charge in [0.2, 0.25) is 0 Å². The summed E-state index contributed by atoms with van der Waals surface area (Å²) in [7, 11) is 1.68. The van der Waals surface area contributed by atoms with Gasteiger partial charge in [0.1, 0.15) is 5.75 Å². The normalized spacial score (nSPS) is 14.6. The van der Waals surface area contributed by atoms with Crippen molar-refractivity contribution in [3.05, 3.63) is 71.2 Å². The van der Waals surface area contributed by atoms with Crippen molar-refractivity contribution in [2.75, 3.05) is 39.8 Å². The van der Waals surface area contributed by atoms with E-state index in [1.54, 1.807) is 18.0 Å². The number of aromatic nitrogens is 3. The van der Waals surface area contributed by atoms with E-state index in [9.17, 15) is 4.79 Å². The molecule has 0 radical (unpaired) electrons. The first-order chi connectivity index (χ1) is 15.0. The van der Waals surface area contributed by atoms with Crippen molar-refractivity contribution in [2.45, 2.75) is 20.3 Å². The monoisotopic (exact) mass is 419 g/mol. The largest absolute Gasteiger partial charge is 0.497 e. The molecule has 4 rings (SSSR count). The number of hydrogen-bond donors (Lipinski definition) is 0. The minimum atomic E-state index is 0.0437. The van der Waals surface area contributed by atoms with Crippen LogP contribution in [0.2, 0.25) is 0 Å². The first-order valence-electron chi connectivity index (χ1n) is 10.7. The van der Waals surface area contributed by atoms with Crippen molar-refractivity contribution >= 4 is 5.91 Å². The molecule has 1 aliphatic heterocycles. The van der Waals surface area contributed by atoms with Crippen LogP contribution >= 0.6 is 0 Å². The van der Waals surface area contributed by atoms with E-state index >= 15 is 0 Å². The molecule has 7 heteroatoms. The highest BCUT2D eigenvalue weighted by atomic mass is 16.5. The summed E-state index contributed by atoms with van der Waals surface area (Å²) < 4.78 is 7.01. The summed E-state index contributed by atoms with van der Waals surface area (Å²) in [6.07, 6.45) is 2.65. The average molecular weight is 420 g/mol. The fourth-order valence-corrected chi connectivity index (χ4v) is 3.94. The highest BCUT2D eigenvalue weighted by molar-refractivity contribution is 5.94. The number of amides is 1. The molecule has 3 aromatic rings. The van der Waals surface area contributed by atoms with Gasteiger partial charge in [0.05, 0.1) is 18.4 Å². The van der Waals surface area contributed by atoms with Gasteiger partial charge in [-0.25, -0.2) is 9.67 Å². The lowest BCUT2D eigenvalue weighted by Gasteiger charge is -2.34. The van der Waals surface area contributed by atoms with E-state index in [1.165, 1.54) is 5.56 Å². The molecule has 0 atom stereocenters. The Balaban J connectivity index is 1.29. The van der Waals surface area contributed by atoms with E-state index in [4.69, 9.17) is 4.74 Å². The molecule has 0 saturated carbocycles. The second-order valence-electron chi connectivity index (χ2n) is 7.98. The van der Waals surface area contributed by atoms with Gasteiger partial charge in [-0.2, -0.15) is 5.10 Å². The van der Waals surface area contributed by atoms with Crippen LogP contribution in [0.15, 0.2) is 48.7 Å². The Bertz CT molecular complexity index is 1020. The van der Waals surface area contributed by atoms with Gasteiger partial charge in [0.15, 0.2) is 5.82 Å². The molecule has 31 heavy (non-hydrogen) atoms. The second-order valence-corrected chi connectivity index (χ2v) is 7.98. The standard InChI is InChI=1S/C24H29N5O2/c1-18-16-19(2)29(26-18)23-9-6-21(17-25-23)24(30)28-14-12-27(13-15-28)11-10-20-4-7-22(31-3)8-5-20/h4-9,16-17H,10-15H2,1-3H3. The Morgan fingerprint density at radius 2 is 1.77 bits per heavy atom. The molecule has 1 saturated heterocycles. The Morgan fingerprint density at radius 1 is 1.03 bits per heavy atom. The molecule has 2 aromatic heterocycles. The molecule has 0 spiro atoms. The number of nitrogens with zero attached hydrogens (tertiary/aromatic N) is 5. The maximum Gasteiger partial charge on any atom is 0.255 e. The summed E-state index contributed by atoms with van der Waals surface area (Å²) in [5.41, 5.74) is 3.89. The number of piperazine rings is 1. The summed E-state index contributed by atoms with van der Waals surface area (Å²) in [4.78, 5) is 21.7.